The van der Waals surface area contributed by atoms with E-state index in [1.165, 1.54) is 6.92 Å². The maximum absolute atomic E-state index is 11.5. The molecular formula is C11H14N4O2. The lowest BCUT2D eigenvalue weighted by Gasteiger charge is -2.08. The Bertz CT molecular complexity index is 424. The van der Waals surface area contributed by atoms with E-state index < -0.39 is 6.04 Å². The molecule has 1 atom stereocenters. The van der Waals surface area contributed by atoms with Gasteiger partial charge in [0, 0.05) is 10.6 Å². The van der Waals surface area contributed by atoms with Crippen molar-refractivity contribution in [2.24, 2.45) is 5.11 Å². The van der Waals surface area contributed by atoms with Gasteiger partial charge in [0.05, 0.1) is 6.61 Å². The average Bonchev–Trinajstić information content (AvgIpc) is 2.32. The molecular weight excluding hydrogens is 220 g/mol. The van der Waals surface area contributed by atoms with E-state index in [4.69, 9.17) is 10.3 Å². The standard InChI is InChI=1S/C11H14N4O2/c1-3-17-10-6-4-9(5-7-10)13-11(16)8(2)14-15-12/h4-8H,3H2,1-2H3,(H,13,16). The second kappa shape index (κ2) is 6.40. The van der Waals surface area contributed by atoms with Crippen LogP contribution in [-0.2, 0) is 4.79 Å². The van der Waals surface area contributed by atoms with Crippen molar-refractivity contribution in [3.05, 3.63) is 34.7 Å². The lowest BCUT2D eigenvalue weighted by molar-refractivity contribution is -0.117. The Balaban J connectivity index is 2.62. The molecule has 0 bridgehead atoms. The Kier molecular flexibility index (Phi) is 4.84. The van der Waals surface area contributed by atoms with Crippen LogP contribution >= 0.6 is 0 Å². The molecule has 1 N–H and O–H groups in total. The first kappa shape index (κ1) is 12.9. The fraction of sp³-hybridized carbons (Fsp3) is 0.364. The largest absolute Gasteiger partial charge is 0.494 e. The van der Waals surface area contributed by atoms with Crippen LogP contribution in [0.4, 0.5) is 5.69 Å². The van der Waals surface area contributed by atoms with Gasteiger partial charge in [0.2, 0.25) is 5.91 Å². The van der Waals surface area contributed by atoms with Crippen molar-refractivity contribution in [2.75, 3.05) is 11.9 Å². The topological polar surface area (TPSA) is 87.1 Å². The summed E-state index contributed by atoms with van der Waals surface area (Å²) in [6, 6.07) is 6.25. The van der Waals surface area contributed by atoms with Crippen molar-refractivity contribution >= 4 is 11.6 Å². The molecule has 0 heterocycles. The van der Waals surface area contributed by atoms with Gasteiger partial charge in [-0.1, -0.05) is 5.11 Å². The molecule has 1 amide bonds. The molecule has 0 saturated carbocycles. The minimum atomic E-state index is -0.730. The first-order chi connectivity index (χ1) is 8.17. The highest BCUT2D eigenvalue weighted by atomic mass is 16.5. The van der Waals surface area contributed by atoms with E-state index in [1.807, 2.05) is 6.92 Å². The van der Waals surface area contributed by atoms with E-state index in [1.54, 1.807) is 24.3 Å². The molecule has 6 nitrogen and oxygen atoms in total. The van der Waals surface area contributed by atoms with Crippen molar-refractivity contribution in [3.63, 3.8) is 0 Å². The molecule has 0 aliphatic carbocycles. The number of benzene rings is 1. The first-order valence-corrected chi connectivity index (χ1v) is 5.25. The summed E-state index contributed by atoms with van der Waals surface area (Å²) in [6.07, 6.45) is 0. The molecule has 17 heavy (non-hydrogen) atoms. The van der Waals surface area contributed by atoms with E-state index in [2.05, 4.69) is 15.3 Å². The normalized spacial score (nSPS) is 11.2. The summed E-state index contributed by atoms with van der Waals surface area (Å²) in [7, 11) is 0. The number of azide groups is 1. The summed E-state index contributed by atoms with van der Waals surface area (Å²) in [4.78, 5) is 14.1. The predicted molar refractivity (Wildman–Crippen MR) is 64.8 cm³/mol. The lowest BCUT2D eigenvalue weighted by Crippen LogP contribution is -2.22. The van der Waals surface area contributed by atoms with Crippen LogP contribution in [-0.4, -0.2) is 18.6 Å². The highest BCUT2D eigenvalue weighted by Crippen LogP contribution is 2.15. The molecule has 0 aromatic heterocycles. The summed E-state index contributed by atoms with van der Waals surface area (Å²) in [5.41, 5.74) is 8.85. The van der Waals surface area contributed by atoms with Crippen LogP contribution in [0.5, 0.6) is 5.75 Å². The third kappa shape index (κ3) is 4.04. The third-order valence-corrected chi connectivity index (χ3v) is 2.04. The highest BCUT2D eigenvalue weighted by Gasteiger charge is 2.10. The Labute approximate surface area is 99.2 Å². The number of rotatable bonds is 5. The number of ether oxygens (including phenoxy) is 1. The summed E-state index contributed by atoms with van der Waals surface area (Å²) in [6.45, 7) is 4.03. The molecule has 1 rings (SSSR count). The number of carbonyl (C=O) groups is 1. The van der Waals surface area contributed by atoms with E-state index in [9.17, 15) is 4.79 Å². The number of carbonyl (C=O) groups excluding carboxylic acids is 1. The first-order valence-electron chi connectivity index (χ1n) is 5.25. The minimum absolute atomic E-state index is 0.341. The van der Waals surface area contributed by atoms with Gasteiger partial charge in [0.1, 0.15) is 11.8 Å². The molecule has 0 aliphatic rings. The van der Waals surface area contributed by atoms with Crippen molar-refractivity contribution in [3.8, 4) is 5.75 Å². The monoisotopic (exact) mass is 234 g/mol. The minimum Gasteiger partial charge on any atom is -0.494 e. The van der Waals surface area contributed by atoms with Crippen LogP contribution in [0.15, 0.2) is 29.4 Å². The van der Waals surface area contributed by atoms with Gasteiger partial charge in [-0.15, -0.1) is 0 Å². The molecule has 1 aromatic carbocycles. The lowest BCUT2D eigenvalue weighted by atomic mass is 10.2. The Hall–Kier alpha value is -2.20. The molecule has 90 valence electrons. The van der Waals surface area contributed by atoms with Gasteiger partial charge in [-0.2, -0.15) is 0 Å². The molecule has 0 fully saturated rings. The molecule has 0 radical (unpaired) electrons. The van der Waals surface area contributed by atoms with Gasteiger partial charge in [0.25, 0.3) is 0 Å². The summed E-state index contributed by atoms with van der Waals surface area (Å²) < 4.78 is 5.27. The van der Waals surface area contributed by atoms with Crippen molar-refractivity contribution < 1.29 is 9.53 Å². The molecule has 1 unspecified atom stereocenters. The van der Waals surface area contributed by atoms with E-state index in [0.29, 0.717) is 12.3 Å². The van der Waals surface area contributed by atoms with Gasteiger partial charge >= 0.3 is 0 Å². The van der Waals surface area contributed by atoms with Crippen molar-refractivity contribution in [1.82, 2.24) is 0 Å². The zero-order chi connectivity index (χ0) is 12.7. The SMILES string of the molecule is CCOc1ccc(NC(=O)C(C)N=[N+]=[N-])cc1. The van der Waals surface area contributed by atoms with Crippen LogP contribution < -0.4 is 10.1 Å². The van der Waals surface area contributed by atoms with Crippen LogP contribution in [0, 0.1) is 0 Å². The third-order valence-electron chi connectivity index (χ3n) is 2.04. The Morgan fingerprint density at radius 2 is 2.18 bits per heavy atom. The maximum Gasteiger partial charge on any atom is 0.233 e. The molecule has 1 aromatic rings. The number of nitrogens with zero attached hydrogens (tertiary/aromatic N) is 3. The van der Waals surface area contributed by atoms with Crippen molar-refractivity contribution in [2.45, 2.75) is 19.9 Å². The summed E-state index contributed by atoms with van der Waals surface area (Å²) in [5, 5.41) is 5.95. The molecule has 0 spiro atoms. The zero-order valence-electron chi connectivity index (χ0n) is 9.75. The van der Waals surface area contributed by atoms with Crippen molar-refractivity contribution in [1.29, 1.82) is 0 Å². The van der Waals surface area contributed by atoms with Crippen LogP contribution in [0.2, 0.25) is 0 Å². The van der Waals surface area contributed by atoms with Gasteiger partial charge in [-0.05, 0) is 43.6 Å². The second-order valence-electron chi connectivity index (χ2n) is 3.33. The number of hydrogen-bond acceptors (Lipinski definition) is 3. The molecule has 0 saturated heterocycles. The molecule has 0 aliphatic heterocycles. The average molecular weight is 234 g/mol. The second-order valence-corrected chi connectivity index (χ2v) is 3.33. The quantitative estimate of drug-likeness (QED) is 0.482. The number of anilines is 1. The van der Waals surface area contributed by atoms with Crippen LogP contribution in [0.1, 0.15) is 13.8 Å². The smallest absolute Gasteiger partial charge is 0.233 e. The summed E-state index contributed by atoms with van der Waals surface area (Å²) >= 11 is 0. The van der Waals surface area contributed by atoms with Gasteiger partial charge < -0.3 is 10.1 Å². The predicted octanol–water partition coefficient (Wildman–Crippen LogP) is 2.72. The van der Waals surface area contributed by atoms with E-state index in [-0.39, 0.29) is 5.91 Å². The number of hydrogen-bond donors (Lipinski definition) is 1. The zero-order valence-corrected chi connectivity index (χ0v) is 9.75. The van der Waals surface area contributed by atoms with Crippen LogP contribution in [0.25, 0.3) is 10.4 Å². The van der Waals surface area contributed by atoms with Gasteiger partial charge in [-0.3, -0.25) is 4.79 Å². The van der Waals surface area contributed by atoms with E-state index >= 15 is 0 Å². The van der Waals surface area contributed by atoms with E-state index in [0.717, 1.165) is 5.75 Å². The number of nitrogens with one attached hydrogen (secondary N) is 1. The highest BCUT2D eigenvalue weighted by molar-refractivity contribution is 5.94. The number of amides is 1. The van der Waals surface area contributed by atoms with Gasteiger partial charge in [0.15, 0.2) is 0 Å². The fourth-order valence-corrected chi connectivity index (χ4v) is 1.18. The summed E-state index contributed by atoms with van der Waals surface area (Å²) in [5.74, 6) is 0.403. The molecule has 6 heteroatoms. The maximum atomic E-state index is 11.5. The van der Waals surface area contributed by atoms with Gasteiger partial charge in [-0.25, -0.2) is 0 Å². The Morgan fingerprint density at radius 3 is 2.71 bits per heavy atom. The fourth-order valence-electron chi connectivity index (χ4n) is 1.18. The Morgan fingerprint density at radius 1 is 1.53 bits per heavy atom. The van der Waals surface area contributed by atoms with Crippen LogP contribution in [0.3, 0.4) is 0 Å².